The van der Waals surface area contributed by atoms with E-state index in [1.165, 1.54) is 0 Å². The van der Waals surface area contributed by atoms with Gasteiger partial charge in [0.15, 0.2) is 0 Å². The summed E-state index contributed by atoms with van der Waals surface area (Å²) in [7, 11) is 3.46. The van der Waals surface area contributed by atoms with E-state index in [1.54, 1.807) is 18.0 Å². The largest absolute Gasteiger partial charge is 0.496 e. The van der Waals surface area contributed by atoms with Crippen LogP contribution in [0.1, 0.15) is 23.5 Å². The topological polar surface area (TPSA) is 56.1 Å². The number of halogens is 1. The van der Waals surface area contributed by atoms with E-state index in [0.717, 1.165) is 27.2 Å². The van der Waals surface area contributed by atoms with Crippen molar-refractivity contribution in [1.82, 2.24) is 9.78 Å². The molecule has 2 aromatic rings. The number of amides is 1. The number of fused-ring (bicyclic) bond motifs is 1. The zero-order valence-corrected chi connectivity index (χ0v) is 12.8. The maximum Gasteiger partial charge on any atom is 0.226 e. The molecule has 0 radical (unpaired) electrons. The fraction of sp³-hybridized carbons (Fsp3) is 0.286. The Bertz CT molecular complexity index is 681. The van der Waals surface area contributed by atoms with Crippen molar-refractivity contribution in [3.05, 3.63) is 40.0 Å². The summed E-state index contributed by atoms with van der Waals surface area (Å²) in [5, 5.41) is 7.10. The number of hydrogen-bond acceptors (Lipinski definition) is 3. The van der Waals surface area contributed by atoms with Gasteiger partial charge in [0.05, 0.1) is 13.3 Å². The Hall–Kier alpha value is -1.82. The molecule has 0 saturated heterocycles. The first-order valence-electron chi connectivity index (χ1n) is 6.25. The van der Waals surface area contributed by atoms with Gasteiger partial charge in [-0.3, -0.25) is 9.48 Å². The van der Waals surface area contributed by atoms with Crippen LogP contribution in [-0.4, -0.2) is 22.8 Å². The predicted molar refractivity (Wildman–Crippen MR) is 79.0 cm³/mol. The standard InChI is InChI=1S/C14H14BrN3O2/c1-18-14-11(7-16-18)9(6-13(19)17-14)10-5-8(15)3-4-12(10)20-2/h3-5,7,9H,6H2,1-2H3,(H,17,19). The van der Waals surface area contributed by atoms with E-state index in [0.29, 0.717) is 6.42 Å². The van der Waals surface area contributed by atoms with E-state index in [-0.39, 0.29) is 11.8 Å². The van der Waals surface area contributed by atoms with E-state index < -0.39 is 0 Å². The molecule has 20 heavy (non-hydrogen) atoms. The number of anilines is 1. The second-order valence-corrected chi connectivity index (χ2v) is 5.68. The van der Waals surface area contributed by atoms with Gasteiger partial charge in [0.25, 0.3) is 0 Å². The Morgan fingerprint density at radius 2 is 2.25 bits per heavy atom. The first-order valence-corrected chi connectivity index (χ1v) is 7.04. The molecule has 1 unspecified atom stereocenters. The van der Waals surface area contributed by atoms with Crippen LogP contribution in [0.25, 0.3) is 0 Å². The average Bonchev–Trinajstić information content (AvgIpc) is 2.79. The van der Waals surface area contributed by atoms with E-state index in [2.05, 4.69) is 26.3 Å². The molecule has 1 aliphatic rings. The van der Waals surface area contributed by atoms with E-state index in [9.17, 15) is 4.79 Å². The third-order valence-corrected chi connectivity index (χ3v) is 4.05. The maximum absolute atomic E-state index is 11.9. The van der Waals surface area contributed by atoms with Crippen molar-refractivity contribution in [2.75, 3.05) is 12.4 Å². The molecular weight excluding hydrogens is 322 g/mol. The minimum absolute atomic E-state index is 0.00636. The number of benzene rings is 1. The highest BCUT2D eigenvalue weighted by atomic mass is 79.9. The zero-order valence-electron chi connectivity index (χ0n) is 11.2. The number of carbonyl (C=O) groups is 1. The molecule has 1 amide bonds. The van der Waals surface area contributed by atoms with Crippen LogP contribution in [0, 0.1) is 0 Å². The maximum atomic E-state index is 11.9. The SMILES string of the molecule is COc1ccc(Br)cc1C1CC(=O)Nc2c1cnn2C. The lowest BCUT2D eigenvalue weighted by Gasteiger charge is -2.24. The molecule has 0 fully saturated rings. The lowest BCUT2D eigenvalue weighted by Crippen LogP contribution is -2.24. The van der Waals surface area contributed by atoms with Crippen LogP contribution >= 0.6 is 15.9 Å². The van der Waals surface area contributed by atoms with Gasteiger partial charge in [0, 0.05) is 35.0 Å². The number of carbonyl (C=O) groups excluding carboxylic acids is 1. The van der Waals surface area contributed by atoms with E-state index in [4.69, 9.17) is 4.74 Å². The summed E-state index contributed by atoms with van der Waals surface area (Å²) >= 11 is 3.48. The van der Waals surface area contributed by atoms with Gasteiger partial charge in [-0.15, -0.1) is 0 Å². The molecule has 0 spiro atoms. The summed E-state index contributed by atoms with van der Waals surface area (Å²) in [5.74, 6) is 1.49. The van der Waals surface area contributed by atoms with Gasteiger partial charge in [0.2, 0.25) is 5.91 Å². The third-order valence-electron chi connectivity index (χ3n) is 3.56. The number of nitrogens with one attached hydrogen (secondary N) is 1. The number of ether oxygens (including phenoxy) is 1. The number of methoxy groups -OCH3 is 1. The molecule has 0 saturated carbocycles. The highest BCUT2D eigenvalue weighted by molar-refractivity contribution is 9.10. The Morgan fingerprint density at radius 3 is 3.00 bits per heavy atom. The van der Waals surface area contributed by atoms with Crippen molar-refractivity contribution >= 4 is 27.7 Å². The van der Waals surface area contributed by atoms with Gasteiger partial charge in [0.1, 0.15) is 11.6 Å². The molecule has 6 heteroatoms. The molecule has 0 bridgehead atoms. The van der Waals surface area contributed by atoms with Crippen molar-refractivity contribution in [3.8, 4) is 5.75 Å². The minimum Gasteiger partial charge on any atom is -0.496 e. The molecule has 1 aromatic carbocycles. The molecule has 1 atom stereocenters. The zero-order chi connectivity index (χ0) is 14.3. The van der Waals surface area contributed by atoms with Crippen molar-refractivity contribution in [2.24, 2.45) is 7.05 Å². The highest BCUT2D eigenvalue weighted by Gasteiger charge is 2.31. The Labute approximate surface area is 125 Å². The van der Waals surface area contributed by atoms with Gasteiger partial charge in [-0.05, 0) is 18.2 Å². The number of nitrogens with zero attached hydrogens (tertiary/aromatic N) is 2. The van der Waals surface area contributed by atoms with Crippen LogP contribution in [0.4, 0.5) is 5.82 Å². The Morgan fingerprint density at radius 1 is 1.45 bits per heavy atom. The monoisotopic (exact) mass is 335 g/mol. The fourth-order valence-electron chi connectivity index (χ4n) is 2.60. The normalized spacial score (nSPS) is 17.6. The van der Waals surface area contributed by atoms with Crippen LogP contribution in [0.5, 0.6) is 5.75 Å². The van der Waals surface area contributed by atoms with Gasteiger partial charge >= 0.3 is 0 Å². The number of aryl methyl sites for hydroxylation is 1. The molecule has 1 aromatic heterocycles. The first-order chi connectivity index (χ1) is 9.60. The summed E-state index contributed by atoms with van der Waals surface area (Å²) in [6, 6.07) is 5.83. The molecule has 1 aliphatic heterocycles. The van der Waals surface area contributed by atoms with Gasteiger partial charge in [-0.2, -0.15) is 5.10 Å². The molecule has 2 heterocycles. The van der Waals surface area contributed by atoms with Crippen LogP contribution in [-0.2, 0) is 11.8 Å². The van der Waals surface area contributed by atoms with Crippen LogP contribution in [0.2, 0.25) is 0 Å². The fourth-order valence-corrected chi connectivity index (χ4v) is 2.97. The summed E-state index contributed by atoms with van der Waals surface area (Å²) in [6.45, 7) is 0. The molecule has 5 nitrogen and oxygen atoms in total. The molecular formula is C14H14BrN3O2. The van der Waals surface area contributed by atoms with Crippen LogP contribution < -0.4 is 10.1 Å². The second-order valence-electron chi connectivity index (χ2n) is 4.76. The van der Waals surface area contributed by atoms with Gasteiger partial charge in [-0.1, -0.05) is 15.9 Å². The molecule has 1 N–H and O–H groups in total. The smallest absolute Gasteiger partial charge is 0.226 e. The number of aromatic nitrogens is 2. The lowest BCUT2D eigenvalue weighted by atomic mass is 9.87. The van der Waals surface area contributed by atoms with Crippen molar-refractivity contribution < 1.29 is 9.53 Å². The second kappa shape index (κ2) is 4.94. The lowest BCUT2D eigenvalue weighted by molar-refractivity contribution is -0.116. The van der Waals surface area contributed by atoms with E-state index in [1.807, 2.05) is 25.2 Å². The Balaban J connectivity index is 2.15. The number of hydrogen-bond donors (Lipinski definition) is 1. The predicted octanol–water partition coefficient (Wildman–Crippen LogP) is 2.67. The summed E-state index contributed by atoms with van der Waals surface area (Å²) in [6.07, 6.45) is 2.20. The van der Waals surface area contributed by atoms with Gasteiger partial charge < -0.3 is 10.1 Å². The average molecular weight is 336 g/mol. The summed E-state index contributed by atoms with van der Waals surface area (Å²) < 4.78 is 8.08. The first kappa shape index (κ1) is 13.2. The third kappa shape index (κ3) is 2.10. The summed E-state index contributed by atoms with van der Waals surface area (Å²) in [5.41, 5.74) is 2.01. The number of rotatable bonds is 2. The highest BCUT2D eigenvalue weighted by Crippen LogP contribution is 2.41. The van der Waals surface area contributed by atoms with Crippen LogP contribution in [0.15, 0.2) is 28.9 Å². The Kier molecular flexibility index (Phi) is 3.25. The molecule has 0 aliphatic carbocycles. The van der Waals surface area contributed by atoms with Gasteiger partial charge in [-0.25, -0.2) is 0 Å². The quantitative estimate of drug-likeness (QED) is 0.917. The van der Waals surface area contributed by atoms with Crippen molar-refractivity contribution in [2.45, 2.75) is 12.3 Å². The minimum atomic E-state index is -0.0418. The molecule has 104 valence electrons. The van der Waals surface area contributed by atoms with Crippen molar-refractivity contribution in [3.63, 3.8) is 0 Å². The van der Waals surface area contributed by atoms with Crippen molar-refractivity contribution in [1.29, 1.82) is 0 Å². The van der Waals surface area contributed by atoms with E-state index >= 15 is 0 Å². The summed E-state index contributed by atoms with van der Waals surface area (Å²) in [4.78, 5) is 11.9. The molecule has 3 rings (SSSR count). The van der Waals surface area contributed by atoms with Crippen LogP contribution in [0.3, 0.4) is 0 Å².